The van der Waals surface area contributed by atoms with E-state index in [1.165, 1.54) is 5.56 Å². The van der Waals surface area contributed by atoms with Crippen molar-refractivity contribution in [1.29, 1.82) is 0 Å². The van der Waals surface area contributed by atoms with Gasteiger partial charge in [0.1, 0.15) is 5.75 Å². The predicted octanol–water partition coefficient (Wildman–Crippen LogP) is 2.61. The molecule has 0 fully saturated rings. The van der Waals surface area contributed by atoms with Crippen LogP contribution < -0.4 is 15.0 Å². The Morgan fingerprint density at radius 1 is 1.17 bits per heavy atom. The summed E-state index contributed by atoms with van der Waals surface area (Å²) in [5, 5.41) is 2.74. The first kappa shape index (κ1) is 13.8. The van der Waals surface area contributed by atoms with Gasteiger partial charge in [0.05, 0.1) is 5.69 Å². The molecule has 5 heteroatoms. The molecule has 0 aromatic heterocycles. The molecule has 0 saturated heterocycles. The number of ether oxygens (including phenoxy) is 1. The highest BCUT2D eigenvalue weighted by atomic mass is 16.5. The Morgan fingerprint density at radius 2 is 2.04 bits per heavy atom. The molecule has 0 aliphatic carbocycles. The first-order valence-electron chi connectivity index (χ1n) is 7.69. The van der Waals surface area contributed by atoms with E-state index in [0.29, 0.717) is 23.5 Å². The van der Waals surface area contributed by atoms with Crippen LogP contribution in [0.15, 0.2) is 42.5 Å². The van der Waals surface area contributed by atoms with Crippen molar-refractivity contribution in [2.75, 3.05) is 23.4 Å². The van der Waals surface area contributed by atoms with Crippen LogP contribution in [0.4, 0.5) is 11.4 Å². The number of anilines is 2. The molecule has 0 unspecified atom stereocenters. The Labute approximate surface area is 133 Å². The number of carbonyl (C=O) groups is 2. The molecule has 5 nitrogen and oxygen atoms in total. The molecule has 4 rings (SSSR count). The second-order valence-corrected chi connectivity index (χ2v) is 5.74. The Bertz CT molecular complexity index is 801. The van der Waals surface area contributed by atoms with Crippen LogP contribution in [0.3, 0.4) is 0 Å². The molecular formula is C18H16N2O3. The minimum Gasteiger partial charge on any atom is -0.482 e. The van der Waals surface area contributed by atoms with E-state index in [-0.39, 0.29) is 18.4 Å². The molecule has 23 heavy (non-hydrogen) atoms. The maximum atomic E-state index is 12.9. The standard InChI is InChI=1S/C18H16N2O3/c21-17-11-23-16-8-7-13(10-14(16)19-17)18(22)20-9-3-5-12-4-1-2-6-15(12)20/h1-2,4,6-8,10H,3,5,9,11H2,(H,19,21). The fraction of sp³-hybridized carbons (Fsp3) is 0.222. The van der Waals surface area contributed by atoms with Crippen LogP contribution >= 0.6 is 0 Å². The third-order valence-electron chi connectivity index (χ3n) is 4.21. The van der Waals surface area contributed by atoms with Crippen molar-refractivity contribution in [2.24, 2.45) is 0 Å². The average molecular weight is 308 g/mol. The van der Waals surface area contributed by atoms with Gasteiger partial charge < -0.3 is 15.0 Å². The van der Waals surface area contributed by atoms with Crippen molar-refractivity contribution < 1.29 is 14.3 Å². The average Bonchev–Trinajstić information content (AvgIpc) is 2.60. The molecule has 0 radical (unpaired) electrons. The number of fused-ring (bicyclic) bond motifs is 2. The molecule has 116 valence electrons. The predicted molar refractivity (Wildman–Crippen MR) is 87.0 cm³/mol. The maximum Gasteiger partial charge on any atom is 0.262 e. The van der Waals surface area contributed by atoms with Crippen LogP contribution in [0.1, 0.15) is 22.3 Å². The van der Waals surface area contributed by atoms with Gasteiger partial charge in [-0.2, -0.15) is 0 Å². The number of benzene rings is 2. The molecule has 0 atom stereocenters. The number of nitrogens with one attached hydrogen (secondary N) is 1. The van der Waals surface area contributed by atoms with Gasteiger partial charge in [-0.15, -0.1) is 0 Å². The number of hydrogen-bond donors (Lipinski definition) is 1. The topological polar surface area (TPSA) is 58.6 Å². The third-order valence-corrected chi connectivity index (χ3v) is 4.21. The van der Waals surface area contributed by atoms with Gasteiger partial charge in [-0.3, -0.25) is 9.59 Å². The molecule has 0 saturated carbocycles. The summed E-state index contributed by atoms with van der Waals surface area (Å²) < 4.78 is 5.34. The lowest BCUT2D eigenvalue weighted by Crippen LogP contribution is -2.35. The van der Waals surface area contributed by atoms with Gasteiger partial charge in [0, 0.05) is 17.8 Å². The lowest BCUT2D eigenvalue weighted by Gasteiger charge is -2.30. The summed E-state index contributed by atoms with van der Waals surface area (Å²) in [6.07, 6.45) is 1.95. The lowest BCUT2D eigenvalue weighted by molar-refractivity contribution is -0.118. The number of hydrogen-bond acceptors (Lipinski definition) is 3. The second kappa shape index (κ2) is 5.43. The van der Waals surface area contributed by atoms with Gasteiger partial charge in [-0.05, 0) is 42.7 Å². The van der Waals surface area contributed by atoms with Crippen LogP contribution in [-0.4, -0.2) is 25.0 Å². The van der Waals surface area contributed by atoms with Crippen LogP contribution in [-0.2, 0) is 11.2 Å². The number of amides is 2. The van der Waals surface area contributed by atoms with Crippen LogP contribution in [0.2, 0.25) is 0 Å². The largest absolute Gasteiger partial charge is 0.482 e. The van der Waals surface area contributed by atoms with Gasteiger partial charge in [-0.25, -0.2) is 0 Å². The fourth-order valence-corrected chi connectivity index (χ4v) is 3.12. The molecule has 2 amide bonds. The van der Waals surface area contributed by atoms with Crippen LogP contribution in [0.25, 0.3) is 0 Å². The second-order valence-electron chi connectivity index (χ2n) is 5.74. The van der Waals surface area contributed by atoms with Crippen LogP contribution in [0, 0.1) is 0 Å². The summed E-state index contributed by atoms with van der Waals surface area (Å²) in [6, 6.07) is 13.2. The number of aryl methyl sites for hydroxylation is 1. The normalized spacial score (nSPS) is 16.0. The van der Waals surface area contributed by atoms with E-state index in [4.69, 9.17) is 4.74 Å². The zero-order chi connectivity index (χ0) is 15.8. The molecule has 2 aliphatic heterocycles. The van der Waals surface area contributed by atoms with E-state index in [2.05, 4.69) is 11.4 Å². The summed E-state index contributed by atoms with van der Waals surface area (Å²) >= 11 is 0. The summed E-state index contributed by atoms with van der Waals surface area (Å²) in [6.45, 7) is 0.718. The Kier molecular flexibility index (Phi) is 3.26. The summed E-state index contributed by atoms with van der Waals surface area (Å²) in [4.78, 5) is 26.2. The molecule has 2 aromatic carbocycles. The number of para-hydroxylation sites is 1. The summed E-state index contributed by atoms with van der Waals surface area (Å²) in [7, 11) is 0. The van der Waals surface area contributed by atoms with Gasteiger partial charge >= 0.3 is 0 Å². The van der Waals surface area contributed by atoms with E-state index in [1.807, 2.05) is 23.1 Å². The highest BCUT2D eigenvalue weighted by Gasteiger charge is 2.25. The fourth-order valence-electron chi connectivity index (χ4n) is 3.12. The summed E-state index contributed by atoms with van der Waals surface area (Å²) in [5.41, 5.74) is 3.27. The van der Waals surface area contributed by atoms with Crippen molar-refractivity contribution in [2.45, 2.75) is 12.8 Å². The molecule has 1 N–H and O–H groups in total. The van der Waals surface area contributed by atoms with Gasteiger partial charge in [0.15, 0.2) is 6.61 Å². The number of carbonyl (C=O) groups excluding carboxylic acids is 2. The lowest BCUT2D eigenvalue weighted by atomic mass is 10.0. The molecule has 0 spiro atoms. The highest BCUT2D eigenvalue weighted by molar-refractivity contribution is 6.08. The SMILES string of the molecule is O=C1COc2ccc(C(=O)N3CCCc4ccccc43)cc2N1. The van der Waals surface area contributed by atoms with Crippen molar-refractivity contribution in [3.8, 4) is 5.75 Å². The van der Waals surface area contributed by atoms with E-state index >= 15 is 0 Å². The van der Waals surface area contributed by atoms with Gasteiger partial charge in [-0.1, -0.05) is 18.2 Å². The molecule has 2 heterocycles. The monoisotopic (exact) mass is 308 g/mol. The first-order valence-corrected chi connectivity index (χ1v) is 7.69. The number of rotatable bonds is 1. The highest BCUT2D eigenvalue weighted by Crippen LogP contribution is 2.31. The van der Waals surface area contributed by atoms with Crippen molar-refractivity contribution in [3.05, 3.63) is 53.6 Å². The maximum absolute atomic E-state index is 12.9. The first-order chi connectivity index (χ1) is 11.2. The van der Waals surface area contributed by atoms with Gasteiger partial charge in [0.2, 0.25) is 0 Å². The quantitative estimate of drug-likeness (QED) is 0.881. The molecule has 0 bridgehead atoms. The minimum atomic E-state index is -0.203. The van der Waals surface area contributed by atoms with Crippen LogP contribution in [0.5, 0.6) is 5.75 Å². The summed E-state index contributed by atoms with van der Waals surface area (Å²) in [5.74, 6) is 0.338. The van der Waals surface area contributed by atoms with E-state index < -0.39 is 0 Å². The van der Waals surface area contributed by atoms with Crippen molar-refractivity contribution in [1.82, 2.24) is 0 Å². The van der Waals surface area contributed by atoms with Crippen molar-refractivity contribution >= 4 is 23.2 Å². The Balaban J connectivity index is 1.68. The van der Waals surface area contributed by atoms with Crippen molar-refractivity contribution in [3.63, 3.8) is 0 Å². The van der Waals surface area contributed by atoms with E-state index in [0.717, 1.165) is 18.5 Å². The van der Waals surface area contributed by atoms with E-state index in [1.54, 1.807) is 18.2 Å². The zero-order valence-electron chi connectivity index (χ0n) is 12.5. The van der Waals surface area contributed by atoms with E-state index in [9.17, 15) is 9.59 Å². The Hall–Kier alpha value is -2.82. The molecular weight excluding hydrogens is 292 g/mol. The molecule has 2 aliphatic rings. The zero-order valence-corrected chi connectivity index (χ0v) is 12.5. The molecule has 2 aromatic rings. The smallest absolute Gasteiger partial charge is 0.262 e. The number of nitrogens with zero attached hydrogens (tertiary/aromatic N) is 1. The minimum absolute atomic E-state index is 0.0137. The Morgan fingerprint density at radius 3 is 2.96 bits per heavy atom. The third kappa shape index (κ3) is 2.44. The van der Waals surface area contributed by atoms with Gasteiger partial charge in [0.25, 0.3) is 11.8 Å².